The summed E-state index contributed by atoms with van der Waals surface area (Å²) < 4.78 is 6.43. The summed E-state index contributed by atoms with van der Waals surface area (Å²) in [5.41, 5.74) is 1.46. The van der Waals surface area contributed by atoms with Crippen LogP contribution in [0.2, 0.25) is 0 Å². The number of carbonyl (C=O) groups excluding carboxylic acids is 1. The van der Waals surface area contributed by atoms with Crippen LogP contribution in [0.1, 0.15) is 28.9 Å². The van der Waals surface area contributed by atoms with Crippen LogP contribution < -0.4 is 10.1 Å². The second-order valence-electron chi connectivity index (χ2n) is 5.17. The van der Waals surface area contributed by atoms with E-state index in [9.17, 15) is 4.79 Å². The SMILES string of the molecule is O=C(NCc1ccc(OCC2CC2)nc1)c1cc(Br)c[nH]1. The van der Waals surface area contributed by atoms with Crippen molar-refractivity contribution in [1.82, 2.24) is 15.3 Å². The average Bonchev–Trinajstić information content (AvgIpc) is 3.23. The number of rotatable bonds is 6. The van der Waals surface area contributed by atoms with Gasteiger partial charge in [-0.1, -0.05) is 6.07 Å². The highest BCUT2D eigenvalue weighted by atomic mass is 79.9. The molecule has 1 aliphatic carbocycles. The van der Waals surface area contributed by atoms with E-state index in [-0.39, 0.29) is 5.91 Å². The molecule has 1 aliphatic rings. The highest BCUT2D eigenvalue weighted by Crippen LogP contribution is 2.29. The molecule has 0 aromatic carbocycles. The molecule has 3 rings (SSSR count). The van der Waals surface area contributed by atoms with Crippen LogP contribution in [-0.2, 0) is 6.54 Å². The lowest BCUT2D eigenvalue weighted by atomic mass is 10.3. The molecule has 21 heavy (non-hydrogen) atoms. The number of pyridine rings is 1. The smallest absolute Gasteiger partial charge is 0.268 e. The number of hydrogen-bond acceptors (Lipinski definition) is 3. The van der Waals surface area contributed by atoms with E-state index in [1.54, 1.807) is 18.5 Å². The Bertz CT molecular complexity index is 620. The second kappa shape index (κ2) is 6.30. The van der Waals surface area contributed by atoms with Crippen molar-refractivity contribution in [2.75, 3.05) is 6.61 Å². The Kier molecular flexibility index (Phi) is 4.24. The molecule has 0 atom stereocenters. The summed E-state index contributed by atoms with van der Waals surface area (Å²) in [5.74, 6) is 1.21. The molecule has 0 spiro atoms. The van der Waals surface area contributed by atoms with Crippen LogP contribution in [0.5, 0.6) is 5.88 Å². The molecule has 1 fully saturated rings. The van der Waals surface area contributed by atoms with Crippen molar-refractivity contribution >= 4 is 21.8 Å². The van der Waals surface area contributed by atoms with Gasteiger partial charge in [0.05, 0.1) is 6.61 Å². The predicted octanol–water partition coefficient (Wildman–Crippen LogP) is 2.89. The summed E-state index contributed by atoms with van der Waals surface area (Å²) in [6.45, 7) is 1.19. The summed E-state index contributed by atoms with van der Waals surface area (Å²) in [4.78, 5) is 19.0. The monoisotopic (exact) mass is 349 g/mol. The number of ether oxygens (including phenoxy) is 1. The Balaban J connectivity index is 1.49. The number of nitrogens with one attached hydrogen (secondary N) is 2. The molecule has 5 nitrogen and oxygen atoms in total. The molecule has 1 amide bonds. The van der Waals surface area contributed by atoms with E-state index < -0.39 is 0 Å². The van der Waals surface area contributed by atoms with Crippen molar-refractivity contribution < 1.29 is 9.53 Å². The van der Waals surface area contributed by atoms with Crippen molar-refractivity contribution in [3.8, 4) is 5.88 Å². The third kappa shape index (κ3) is 4.07. The molecule has 2 aromatic heterocycles. The van der Waals surface area contributed by atoms with E-state index in [1.807, 2.05) is 12.1 Å². The van der Waals surface area contributed by atoms with Gasteiger partial charge in [0, 0.05) is 29.5 Å². The maximum atomic E-state index is 11.9. The standard InChI is InChI=1S/C15H16BrN3O2/c16-12-5-13(17-8-12)15(20)19-7-11-3-4-14(18-6-11)21-9-10-1-2-10/h3-6,8,10,17H,1-2,7,9H2,(H,19,20). The van der Waals surface area contributed by atoms with Gasteiger partial charge in [-0.3, -0.25) is 4.79 Å². The van der Waals surface area contributed by atoms with Gasteiger partial charge >= 0.3 is 0 Å². The van der Waals surface area contributed by atoms with Crippen molar-refractivity contribution in [3.63, 3.8) is 0 Å². The minimum absolute atomic E-state index is 0.144. The summed E-state index contributed by atoms with van der Waals surface area (Å²) in [5, 5.41) is 2.84. The number of H-pyrrole nitrogens is 1. The highest BCUT2D eigenvalue weighted by Gasteiger charge is 2.22. The van der Waals surface area contributed by atoms with Crippen LogP contribution in [0.15, 0.2) is 35.1 Å². The number of aromatic amines is 1. The molecule has 2 N–H and O–H groups in total. The van der Waals surface area contributed by atoms with Gasteiger partial charge in [0.15, 0.2) is 0 Å². The number of carbonyl (C=O) groups is 1. The third-order valence-electron chi connectivity index (χ3n) is 3.31. The fourth-order valence-corrected chi connectivity index (χ4v) is 2.21. The largest absolute Gasteiger partial charge is 0.477 e. The van der Waals surface area contributed by atoms with E-state index in [4.69, 9.17) is 4.74 Å². The first kappa shape index (κ1) is 14.1. The van der Waals surface area contributed by atoms with Crippen molar-refractivity contribution in [2.24, 2.45) is 5.92 Å². The minimum atomic E-state index is -0.144. The van der Waals surface area contributed by atoms with Crippen molar-refractivity contribution in [1.29, 1.82) is 0 Å². The third-order valence-corrected chi connectivity index (χ3v) is 3.76. The normalized spacial score (nSPS) is 14.0. The van der Waals surface area contributed by atoms with Gasteiger partial charge in [-0.05, 0) is 46.3 Å². The van der Waals surface area contributed by atoms with E-state index in [1.165, 1.54) is 12.8 Å². The summed E-state index contributed by atoms with van der Waals surface area (Å²) >= 11 is 3.30. The molecule has 0 bridgehead atoms. The van der Waals surface area contributed by atoms with Crippen LogP contribution in [0.3, 0.4) is 0 Å². The molecule has 110 valence electrons. The molecular formula is C15H16BrN3O2. The number of aromatic nitrogens is 2. The van der Waals surface area contributed by atoms with Gasteiger partial charge < -0.3 is 15.0 Å². The van der Waals surface area contributed by atoms with E-state index >= 15 is 0 Å². The van der Waals surface area contributed by atoms with E-state index in [2.05, 4.69) is 31.2 Å². The van der Waals surface area contributed by atoms with Crippen LogP contribution >= 0.6 is 15.9 Å². The molecule has 0 radical (unpaired) electrons. The quantitative estimate of drug-likeness (QED) is 0.842. The fourth-order valence-electron chi connectivity index (χ4n) is 1.87. The first-order valence-electron chi connectivity index (χ1n) is 6.90. The highest BCUT2D eigenvalue weighted by molar-refractivity contribution is 9.10. The number of hydrogen-bond donors (Lipinski definition) is 2. The van der Waals surface area contributed by atoms with Gasteiger partial charge in [0.2, 0.25) is 5.88 Å². The zero-order valence-corrected chi connectivity index (χ0v) is 13.0. The molecular weight excluding hydrogens is 334 g/mol. The zero-order chi connectivity index (χ0) is 14.7. The van der Waals surface area contributed by atoms with Crippen LogP contribution in [0.4, 0.5) is 0 Å². The molecule has 0 aliphatic heterocycles. The first-order valence-corrected chi connectivity index (χ1v) is 7.70. The van der Waals surface area contributed by atoms with Crippen molar-refractivity contribution in [2.45, 2.75) is 19.4 Å². The van der Waals surface area contributed by atoms with Crippen molar-refractivity contribution in [3.05, 3.63) is 46.3 Å². The first-order chi connectivity index (χ1) is 10.2. The Morgan fingerprint density at radius 2 is 2.33 bits per heavy atom. The molecule has 2 heterocycles. The number of halogens is 1. The predicted molar refractivity (Wildman–Crippen MR) is 82.1 cm³/mol. The molecule has 1 saturated carbocycles. The second-order valence-corrected chi connectivity index (χ2v) is 6.09. The van der Waals surface area contributed by atoms with E-state index in [0.29, 0.717) is 24.0 Å². The van der Waals surface area contributed by atoms with Gasteiger partial charge in [-0.25, -0.2) is 4.98 Å². The molecule has 0 unspecified atom stereocenters. The average molecular weight is 350 g/mol. The number of amides is 1. The van der Waals surface area contributed by atoms with Gasteiger partial charge in [0.1, 0.15) is 5.69 Å². The van der Waals surface area contributed by atoms with Gasteiger partial charge in [-0.15, -0.1) is 0 Å². The van der Waals surface area contributed by atoms with Crippen LogP contribution in [-0.4, -0.2) is 22.5 Å². The minimum Gasteiger partial charge on any atom is -0.477 e. The Labute approximate surface area is 131 Å². The molecule has 2 aromatic rings. The summed E-state index contributed by atoms with van der Waals surface area (Å²) in [6.07, 6.45) is 5.98. The fraction of sp³-hybridized carbons (Fsp3) is 0.333. The van der Waals surface area contributed by atoms with Gasteiger partial charge in [-0.2, -0.15) is 0 Å². The number of nitrogens with zero attached hydrogens (tertiary/aromatic N) is 1. The Hall–Kier alpha value is -1.82. The topological polar surface area (TPSA) is 67.0 Å². The Morgan fingerprint density at radius 1 is 1.48 bits per heavy atom. The van der Waals surface area contributed by atoms with Crippen LogP contribution in [0.25, 0.3) is 0 Å². The Morgan fingerprint density at radius 3 is 2.95 bits per heavy atom. The van der Waals surface area contributed by atoms with E-state index in [0.717, 1.165) is 16.6 Å². The lowest BCUT2D eigenvalue weighted by molar-refractivity contribution is 0.0946. The van der Waals surface area contributed by atoms with Crippen LogP contribution in [0, 0.1) is 5.92 Å². The zero-order valence-electron chi connectivity index (χ0n) is 11.4. The lowest BCUT2D eigenvalue weighted by Crippen LogP contribution is -2.23. The summed E-state index contributed by atoms with van der Waals surface area (Å²) in [7, 11) is 0. The summed E-state index contributed by atoms with van der Waals surface area (Å²) in [6, 6.07) is 5.50. The molecule has 6 heteroatoms. The lowest BCUT2D eigenvalue weighted by Gasteiger charge is -2.06. The maximum Gasteiger partial charge on any atom is 0.268 e. The molecule has 0 saturated heterocycles. The maximum absolute atomic E-state index is 11.9. The van der Waals surface area contributed by atoms with Gasteiger partial charge in [0.25, 0.3) is 5.91 Å².